The van der Waals surface area contributed by atoms with Crippen molar-refractivity contribution in [2.75, 3.05) is 7.11 Å². The summed E-state index contributed by atoms with van der Waals surface area (Å²) in [5.41, 5.74) is 9.62. The lowest BCUT2D eigenvalue weighted by atomic mass is 9.91. The summed E-state index contributed by atoms with van der Waals surface area (Å²) >= 11 is 0. The first-order valence-electron chi connectivity index (χ1n) is 6.80. The first-order chi connectivity index (χ1) is 8.86. The summed E-state index contributed by atoms with van der Waals surface area (Å²) in [7, 11) is 1.69. The summed E-state index contributed by atoms with van der Waals surface area (Å²) < 4.78 is 5.43. The van der Waals surface area contributed by atoms with Crippen molar-refractivity contribution in [2.45, 2.75) is 52.5 Å². The molecule has 0 heterocycles. The van der Waals surface area contributed by atoms with Crippen LogP contribution in [0.15, 0.2) is 12.1 Å². The van der Waals surface area contributed by atoms with Crippen LogP contribution < -0.4 is 10.5 Å². The van der Waals surface area contributed by atoms with Crippen LogP contribution in [0.1, 0.15) is 62.3 Å². The average Bonchev–Trinajstić information content (AvgIpc) is 2.34. The van der Waals surface area contributed by atoms with Gasteiger partial charge in [0.05, 0.1) is 7.11 Å². The summed E-state index contributed by atoms with van der Waals surface area (Å²) in [6.45, 7) is 7.92. The molecule has 3 heteroatoms. The van der Waals surface area contributed by atoms with Gasteiger partial charge in [0.1, 0.15) is 11.5 Å². The molecule has 1 aromatic carbocycles. The van der Waals surface area contributed by atoms with Crippen LogP contribution in [0.25, 0.3) is 0 Å². The summed E-state index contributed by atoms with van der Waals surface area (Å²) in [5, 5.41) is 0. The van der Waals surface area contributed by atoms with Gasteiger partial charge in [-0.3, -0.25) is 0 Å². The van der Waals surface area contributed by atoms with E-state index in [-0.39, 0.29) is 11.8 Å². The SMILES string of the molecule is COc1cc(C)c(C(N)CCC(C)=O)cc1C(C)C. The van der Waals surface area contributed by atoms with Gasteiger partial charge in [-0.15, -0.1) is 0 Å². The molecule has 0 spiro atoms. The van der Waals surface area contributed by atoms with Crippen LogP contribution in [0.4, 0.5) is 0 Å². The molecule has 1 unspecified atom stereocenters. The predicted octanol–water partition coefficient (Wildman–Crippen LogP) is 3.50. The molecule has 0 saturated heterocycles. The highest BCUT2D eigenvalue weighted by Crippen LogP contribution is 2.32. The lowest BCUT2D eigenvalue weighted by Crippen LogP contribution is -2.14. The molecule has 0 radical (unpaired) electrons. The topological polar surface area (TPSA) is 52.3 Å². The van der Waals surface area contributed by atoms with Gasteiger partial charge in [-0.2, -0.15) is 0 Å². The van der Waals surface area contributed by atoms with Crippen LogP contribution in [0.2, 0.25) is 0 Å². The molecule has 0 aliphatic carbocycles. The molecule has 1 aromatic rings. The molecule has 0 aliphatic heterocycles. The Hall–Kier alpha value is -1.35. The number of benzene rings is 1. The molecular weight excluding hydrogens is 238 g/mol. The third-order valence-corrected chi connectivity index (χ3v) is 3.45. The van der Waals surface area contributed by atoms with Crippen molar-refractivity contribution in [3.05, 3.63) is 28.8 Å². The predicted molar refractivity (Wildman–Crippen MR) is 78.7 cm³/mol. The second kappa shape index (κ2) is 6.71. The minimum atomic E-state index is -0.0905. The van der Waals surface area contributed by atoms with E-state index in [0.29, 0.717) is 18.8 Å². The number of ketones is 1. The van der Waals surface area contributed by atoms with Gasteiger partial charge in [-0.1, -0.05) is 19.9 Å². The van der Waals surface area contributed by atoms with E-state index in [9.17, 15) is 4.79 Å². The normalized spacial score (nSPS) is 12.6. The summed E-state index contributed by atoms with van der Waals surface area (Å²) in [5.74, 6) is 1.48. The number of Topliss-reactive ketones (excluding diaryl/α,β-unsaturated/α-hetero) is 1. The Balaban J connectivity index is 3.06. The Labute approximate surface area is 116 Å². The standard InChI is InChI=1S/C16H25NO2/c1-10(2)13-9-14(11(3)8-16(13)19-5)15(17)7-6-12(4)18/h8-10,15H,6-7,17H2,1-5H3. The molecule has 0 aliphatic rings. The van der Waals surface area contributed by atoms with E-state index < -0.39 is 0 Å². The maximum atomic E-state index is 11.1. The van der Waals surface area contributed by atoms with Gasteiger partial charge >= 0.3 is 0 Å². The molecule has 3 nitrogen and oxygen atoms in total. The number of methoxy groups -OCH3 is 1. The van der Waals surface area contributed by atoms with E-state index in [2.05, 4.69) is 19.9 Å². The fraction of sp³-hybridized carbons (Fsp3) is 0.562. The molecule has 0 bridgehead atoms. The number of carbonyl (C=O) groups excluding carboxylic acids is 1. The molecular formula is C16H25NO2. The van der Waals surface area contributed by atoms with Gasteiger partial charge in [0.2, 0.25) is 0 Å². The van der Waals surface area contributed by atoms with Crippen LogP contribution in [0.5, 0.6) is 5.75 Å². The highest BCUT2D eigenvalue weighted by molar-refractivity contribution is 5.75. The number of ether oxygens (including phenoxy) is 1. The average molecular weight is 263 g/mol. The first kappa shape index (κ1) is 15.7. The maximum Gasteiger partial charge on any atom is 0.129 e. The molecule has 0 aromatic heterocycles. The number of hydrogen-bond donors (Lipinski definition) is 1. The zero-order valence-corrected chi connectivity index (χ0v) is 12.6. The zero-order valence-electron chi connectivity index (χ0n) is 12.6. The summed E-state index contributed by atoms with van der Waals surface area (Å²) in [6, 6.07) is 4.08. The highest BCUT2D eigenvalue weighted by atomic mass is 16.5. The first-order valence-corrected chi connectivity index (χ1v) is 6.80. The Morgan fingerprint density at radius 1 is 1.32 bits per heavy atom. The Bertz CT molecular complexity index is 452. The number of nitrogens with two attached hydrogens (primary N) is 1. The number of hydrogen-bond acceptors (Lipinski definition) is 3. The lowest BCUT2D eigenvalue weighted by molar-refractivity contribution is -0.117. The zero-order chi connectivity index (χ0) is 14.6. The minimum absolute atomic E-state index is 0.0905. The van der Waals surface area contributed by atoms with Crippen LogP contribution >= 0.6 is 0 Å². The van der Waals surface area contributed by atoms with Crippen LogP contribution in [-0.4, -0.2) is 12.9 Å². The number of carbonyl (C=O) groups is 1. The van der Waals surface area contributed by atoms with E-state index in [1.807, 2.05) is 13.0 Å². The van der Waals surface area contributed by atoms with Crippen molar-refractivity contribution >= 4 is 5.78 Å². The van der Waals surface area contributed by atoms with Gasteiger partial charge < -0.3 is 15.3 Å². The van der Waals surface area contributed by atoms with Gasteiger partial charge in [0.25, 0.3) is 0 Å². The fourth-order valence-electron chi connectivity index (χ4n) is 2.26. The van der Waals surface area contributed by atoms with Gasteiger partial charge in [0, 0.05) is 12.5 Å². The Kier molecular flexibility index (Phi) is 5.55. The smallest absolute Gasteiger partial charge is 0.129 e. The van der Waals surface area contributed by atoms with Gasteiger partial charge in [0.15, 0.2) is 0 Å². The third-order valence-electron chi connectivity index (χ3n) is 3.45. The van der Waals surface area contributed by atoms with E-state index >= 15 is 0 Å². The second-order valence-corrected chi connectivity index (χ2v) is 5.45. The third kappa shape index (κ3) is 4.06. The fourth-order valence-corrected chi connectivity index (χ4v) is 2.26. The molecule has 0 amide bonds. The second-order valence-electron chi connectivity index (χ2n) is 5.45. The molecule has 106 valence electrons. The molecule has 19 heavy (non-hydrogen) atoms. The van der Waals surface area contributed by atoms with Crippen LogP contribution in [0.3, 0.4) is 0 Å². The molecule has 2 N–H and O–H groups in total. The van der Waals surface area contributed by atoms with Gasteiger partial charge in [-0.05, 0) is 48.9 Å². The maximum absolute atomic E-state index is 11.1. The van der Waals surface area contributed by atoms with E-state index in [0.717, 1.165) is 16.9 Å². The highest BCUT2D eigenvalue weighted by Gasteiger charge is 2.15. The summed E-state index contributed by atoms with van der Waals surface area (Å²) in [6.07, 6.45) is 1.23. The monoisotopic (exact) mass is 263 g/mol. The van der Waals surface area contributed by atoms with E-state index in [1.165, 1.54) is 5.56 Å². The van der Waals surface area contributed by atoms with Crippen LogP contribution in [-0.2, 0) is 4.79 Å². The van der Waals surface area contributed by atoms with Crippen molar-refractivity contribution < 1.29 is 9.53 Å². The van der Waals surface area contributed by atoms with Crippen molar-refractivity contribution in [2.24, 2.45) is 5.73 Å². The largest absolute Gasteiger partial charge is 0.496 e. The number of aryl methyl sites for hydroxylation is 1. The summed E-state index contributed by atoms with van der Waals surface area (Å²) in [4.78, 5) is 11.1. The van der Waals surface area contributed by atoms with E-state index in [1.54, 1.807) is 14.0 Å². The van der Waals surface area contributed by atoms with Crippen molar-refractivity contribution in [3.63, 3.8) is 0 Å². The lowest BCUT2D eigenvalue weighted by Gasteiger charge is -2.19. The minimum Gasteiger partial charge on any atom is -0.496 e. The molecule has 0 saturated carbocycles. The van der Waals surface area contributed by atoms with Crippen molar-refractivity contribution in [1.82, 2.24) is 0 Å². The Morgan fingerprint density at radius 3 is 2.42 bits per heavy atom. The Morgan fingerprint density at radius 2 is 1.95 bits per heavy atom. The molecule has 1 rings (SSSR count). The van der Waals surface area contributed by atoms with Crippen LogP contribution in [0, 0.1) is 6.92 Å². The molecule has 1 atom stereocenters. The van der Waals surface area contributed by atoms with Gasteiger partial charge in [-0.25, -0.2) is 0 Å². The van der Waals surface area contributed by atoms with Crippen molar-refractivity contribution in [1.29, 1.82) is 0 Å². The quantitative estimate of drug-likeness (QED) is 0.854. The van der Waals surface area contributed by atoms with E-state index in [4.69, 9.17) is 10.5 Å². The van der Waals surface area contributed by atoms with Crippen molar-refractivity contribution in [3.8, 4) is 5.75 Å². The number of rotatable bonds is 6. The molecule has 0 fully saturated rings.